The lowest BCUT2D eigenvalue weighted by Crippen LogP contribution is -2.40. The number of nitrogens with zero attached hydrogens (tertiary/aromatic N) is 4. The summed E-state index contributed by atoms with van der Waals surface area (Å²) < 4.78 is 0. The number of hydrogen-bond donors (Lipinski definition) is 0. The van der Waals surface area contributed by atoms with Crippen LogP contribution in [0, 0.1) is 5.92 Å². The fourth-order valence-corrected chi connectivity index (χ4v) is 4.50. The highest BCUT2D eigenvalue weighted by molar-refractivity contribution is 7.10. The number of hydrogen-bond acceptors (Lipinski definition) is 5. The van der Waals surface area contributed by atoms with Gasteiger partial charge < -0.3 is 9.80 Å². The molecule has 4 heterocycles. The van der Waals surface area contributed by atoms with Crippen molar-refractivity contribution in [3.63, 3.8) is 0 Å². The van der Waals surface area contributed by atoms with Gasteiger partial charge in [0.2, 0.25) is 5.91 Å². The topological polar surface area (TPSA) is 49.3 Å². The van der Waals surface area contributed by atoms with Crippen LogP contribution >= 0.6 is 22.9 Å². The molecule has 2 aromatic rings. The van der Waals surface area contributed by atoms with Crippen molar-refractivity contribution in [2.75, 3.05) is 24.5 Å². The van der Waals surface area contributed by atoms with Crippen LogP contribution in [0.3, 0.4) is 0 Å². The summed E-state index contributed by atoms with van der Waals surface area (Å²) in [5.41, 5.74) is 1.31. The van der Waals surface area contributed by atoms with E-state index >= 15 is 0 Å². The monoisotopic (exact) mass is 348 g/mol. The van der Waals surface area contributed by atoms with Gasteiger partial charge in [0.25, 0.3) is 0 Å². The molecule has 2 aromatic heterocycles. The van der Waals surface area contributed by atoms with Crippen LogP contribution < -0.4 is 4.90 Å². The van der Waals surface area contributed by atoms with Crippen molar-refractivity contribution in [3.8, 4) is 0 Å². The molecule has 120 valence electrons. The number of halogens is 1. The number of anilines is 1. The lowest BCUT2D eigenvalue weighted by atomic mass is 10.0. The first-order chi connectivity index (χ1) is 11.2. The molecule has 1 saturated heterocycles. The second kappa shape index (κ2) is 6.09. The summed E-state index contributed by atoms with van der Waals surface area (Å²) in [6.07, 6.45) is 4.93. The zero-order chi connectivity index (χ0) is 15.8. The molecule has 0 saturated carbocycles. The fourth-order valence-electron chi connectivity index (χ4n) is 3.39. The van der Waals surface area contributed by atoms with Crippen LogP contribution in [0.5, 0.6) is 0 Å². The molecule has 0 aliphatic carbocycles. The molecule has 0 radical (unpaired) electrons. The molecule has 1 unspecified atom stereocenters. The van der Waals surface area contributed by atoms with Crippen molar-refractivity contribution in [2.24, 2.45) is 5.92 Å². The number of carbonyl (C=O) groups is 1. The number of fused-ring (bicyclic) bond motifs is 1. The third-order valence-electron chi connectivity index (χ3n) is 4.60. The first-order valence-corrected chi connectivity index (χ1v) is 9.02. The van der Waals surface area contributed by atoms with E-state index in [2.05, 4.69) is 26.3 Å². The van der Waals surface area contributed by atoms with Gasteiger partial charge in [0.15, 0.2) is 5.82 Å². The predicted octanol–water partition coefficient (Wildman–Crippen LogP) is 2.60. The van der Waals surface area contributed by atoms with Gasteiger partial charge in [-0.1, -0.05) is 11.6 Å². The summed E-state index contributed by atoms with van der Waals surface area (Å²) in [6, 6.07) is 2.14. The zero-order valence-corrected chi connectivity index (χ0v) is 14.2. The summed E-state index contributed by atoms with van der Waals surface area (Å²) in [4.78, 5) is 26.5. The molecular formula is C16H17ClN4OS. The van der Waals surface area contributed by atoms with Gasteiger partial charge in [-0.25, -0.2) is 9.97 Å². The lowest BCUT2D eigenvalue weighted by molar-refractivity contribution is -0.135. The SMILES string of the molecule is O=C(C1CCN(c2ncncc2Cl)C1)N1CCc2sccc2C1. The second-order valence-corrected chi connectivity index (χ2v) is 7.41. The Kier molecular flexibility index (Phi) is 3.95. The van der Waals surface area contributed by atoms with Crippen molar-refractivity contribution in [3.05, 3.63) is 39.4 Å². The molecule has 4 rings (SSSR count). The number of thiophene rings is 1. The molecule has 1 fully saturated rings. The van der Waals surface area contributed by atoms with Crippen molar-refractivity contribution in [2.45, 2.75) is 19.4 Å². The number of rotatable bonds is 2. The summed E-state index contributed by atoms with van der Waals surface area (Å²) in [5, 5.41) is 2.66. The average molecular weight is 349 g/mol. The lowest BCUT2D eigenvalue weighted by Gasteiger charge is -2.29. The predicted molar refractivity (Wildman–Crippen MR) is 90.8 cm³/mol. The Morgan fingerprint density at radius 1 is 1.39 bits per heavy atom. The van der Waals surface area contributed by atoms with Crippen LogP contribution in [-0.4, -0.2) is 40.4 Å². The van der Waals surface area contributed by atoms with E-state index in [0.717, 1.165) is 38.3 Å². The van der Waals surface area contributed by atoms with E-state index in [9.17, 15) is 4.79 Å². The van der Waals surface area contributed by atoms with Crippen LogP contribution in [0.1, 0.15) is 16.9 Å². The van der Waals surface area contributed by atoms with Gasteiger partial charge in [-0.2, -0.15) is 0 Å². The smallest absolute Gasteiger partial charge is 0.227 e. The van der Waals surface area contributed by atoms with E-state index in [0.29, 0.717) is 11.6 Å². The van der Waals surface area contributed by atoms with Gasteiger partial charge in [0, 0.05) is 31.1 Å². The molecule has 1 atom stereocenters. The van der Waals surface area contributed by atoms with Gasteiger partial charge in [-0.3, -0.25) is 4.79 Å². The van der Waals surface area contributed by atoms with Crippen molar-refractivity contribution >= 4 is 34.7 Å². The van der Waals surface area contributed by atoms with Crippen LogP contribution in [0.25, 0.3) is 0 Å². The van der Waals surface area contributed by atoms with Crippen LogP contribution in [0.4, 0.5) is 5.82 Å². The molecule has 1 amide bonds. The molecule has 2 aliphatic heterocycles. The molecule has 2 aliphatic rings. The second-order valence-electron chi connectivity index (χ2n) is 6.00. The Balaban J connectivity index is 1.44. The molecule has 0 aromatic carbocycles. The highest BCUT2D eigenvalue weighted by atomic mass is 35.5. The molecule has 0 spiro atoms. The highest BCUT2D eigenvalue weighted by Gasteiger charge is 2.34. The maximum absolute atomic E-state index is 12.8. The molecular weight excluding hydrogens is 332 g/mol. The molecule has 23 heavy (non-hydrogen) atoms. The Morgan fingerprint density at radius 3 is 3.17 bits per heavy atom. The summed E-state index contributed by atoms with van der Waals surface area (Å²) in [5.74, 6) is 1.02. The normalized spacial score (nSPS) is 20.7. The highest BCUT2D eigenvalue weighted by Crippen LogP contribution is 2.30. The third kappa shape index (κ3) is 2.81. The summed E-state index contributed by atoms with van der Waals surface area (Å²) in [7, 11) is 0. The Morgan fingerprint density at radius 2 is 2.30 bits per heavy atom. The average Bonchev–Trinajstić information content (AvgIpc) is 3.23. The van der Waals surface area contributed by atoms with E-state index in [1.54, 1.807) is 17.5 Å². The molecule has 0 N–H and O–H groups in total. The van der Waals surface area contributed by atoms with Crippen molar-refractivity contribution in [1.29, 1.82) is 0 Å². The van der Waals surface area contributed by atoms with Crippen molar-refractivity contribution in [1.82, 2.24) is 14.9 Å². The van der Waals surface area contributed by atoms with E-state index < -0.39 is 0 Å². The van der Waals surface area contributed by atoms with Crippen LogP contribution in [-0.2, 0) is 17.8 Å². The van der Waals surface area contributed by atoms with Crippen LogP contribution in [0.15, 0.2) is 24.0 Å². The number of carbonyl (C=O) groups excluding carboxylic acids is 1. The minimum atomic E-state index is 0.0289. The van der Waals surface area contributed by atoms with Crippen LogP contribution in [0.2, 0.25) is 5.02 Å². The standard InChI is InChI=1S/C16H17ClN4OS/c17-13-7-18-10-19-15(13)20-4-1-12(9-20)16(22)21-5-2-14-11(8-21)3-6-23-14/h3,6-7,10,12H,1-2,4-5,8-9H2. The van der Waals surface area contributed by atoms with Gasteiger partial charge in [-0.15, -0.1) is 11.3 Å². The minimum Gasteiger partial charge on any atom is -0.354 e. The van der Waals surface area contributed by atoms with Crippen molar-refractivity contribution < 1.29 is 4.79 Å². The Bertz CT molecular complexity index is 734. The number of amides is 1. The first-order valence-electron chi connectivity index (χ1n) is 7.77. The first kappa shape index (κ1) is 14.9. The fraction of sp³-hybridized carbons (Fsp3) is 0.438. The minimum absolute atomic E-state index is 0.0289. The van der Waals surface area contributed by atoms with Gasteiger partial charge in [0.05, 0.1) is 12.1 Å². The van der Waals surface area contributed by atoms with Gasteiger partial charge in [0.1, 0.15) is 11.3 Å². The molecule has 0 bridgehead atoms. The third-order valence-corrected chi connectivity index (χ3v) is 5.89. The summed E-state index contributed by atoms with van der Waals surface area (Å²) in [6.45, 7) is 3.08. The Labute approximate surface area is 143 Å². The summed E-state index contributed by atoms with van der Waals surface area (Å²) >= 11 is 7.96. The quantitative estimate of drug-likeness (QED) is 0.837. The van der Waals surface area contributed by atoms with E-state index in [1.165, 1.54) is 16.8 Å². The van der Waals surface area contributed by atoms with E-state index in [4.69, 9.17) is 11.6 Å². The Hall–Kier alpha value is -1.66. The zero-order valence-electron chi connectivity index (χ0n) is 12.6. The van der Waals surface area contributed by atoms with Gasteiger partial charge in [-0.05, 0) is 29.9 Å². The molecule has 5 nitrogen and oxygen atoms in total. The maximum Gasteiger partial charge on any atom is 0.227 e. The largest absolute Gasteiger partial charge is 0.354 e. The number of aromatic nitrogens is 2. The van der Waals surface area contributed by atoms with E-state index in [-0.39, 0.29) is 11.8 Å². The van der Waals surface area contributed by atoms with Gasteiger partial charge >= 0.3 is 0 Å². The maximum atomic E-state index is 12.8. The van der Waals surface area contributed by atoms with E-state index in [1.807, 2.05) is 4.90 Å². The molecule has 7 heteroatoms.